The maximum atomic E-state index is 11.8. The van der Waals surface area contributed by atoms with Crippen LogP contribution in [0, 0.1) is 10.1 Å². The minimum Gasteiger partial charge on any atom is -0.352 e. The van der Waals surface area contributed by atoms with E-state index >= 15 is 0 Å². The number of nitrogens with one attached hydrogen (secondary N) is 2. The van der Waals surface area contributed by atoms with E-state index in [1.807, 2.05) is 30.3 Å². The fraction of sp³-hybridized carbons (Fsp3) is 0.211. The van der Waals surface area contributed by atoms with Crippen LogP contribution in [0.2, 0.25) is 0 Å². The summed E-state index contributed by atoms with van der Waals surface area (Å²) in [5, 5.41) is 17.5. The van der Waals surface area contributed by atoms with Crippen molar-refractivity contribution in [3.63, 3.8) is 0 Å². The van der Waals surface area contributed by atoms with Gasteiger partial charge in [-0.3, -0.25) is 19.7 Å². The SMILES string of the molecule is CC(=NNC(=O)CCC(=O)NCc1ccccc1)c1cccc([N+](=O)[O-])c1. The summed E-state index contributed by atoms with van der Waals surface area (Å²) in [6.45, 7) is 2.04. The van der Waals surface area contributed by atoms with Crippen LogP contribution >= 0.6 is 0 Å². The molecular weight excluding hydrogens is 348 g/mol. The number of hydrogen-bond acceptors (Lipinski definition) is 5. The Bertz CT molecular complexity index is 850. The highest BCUT2D eigenvalue weighted by atomic mass is 16.6. The van der Waals surface area contributed by atoms with E-state index in [9.17, 15) is 19.7 Å². The first-order chi connectivity index (χ1) is 13.0. The van der Waals surface area contributed by atoms with E-state index in [0.29, 0.717) is 17.8 Å². The standard InChI is InChI=1S/C19H20N4O4/c1-14(16-8-5-9-17(12-16)23(26)27)21-22-19(25)11-10-18(24)20-13-15-6-3-2-4-7-15/h2-9,12H,10-11,13H2,1H3,(H,20,24)(H,22,25). The lowest BCUT2D eigenvalue weighted by Gasteiger charge is -2.05. The maximum Gasteiger partial charge on any atom is 0.270 e. The second-order valence-corrected chi connectivity index (χ2v) is 5.80. The van der Waals surface area contributed by atoms with E-state index in [1.54, 1.807) is 19.1 Å². The molecule has 0 atom stereocenters. The van der Waals surface area contributed by atoms with Crippen LogP contribution in [-0.4, -0.2) is 22.4 Å². The highest BCUT2D eigenvalue weighted by Gasteiger charge is 2.09. The summed E-state index contributed by atoms with van der Waals surface area (Å²) in [6.07, 6.45) is 0.0381. The first kappa shape index (κ1) is 19.8. The zero-order chi connectivity index (χ0) is 19.6. The van der Waals surface area contributed by atoms with Crippen LogP contribution in [0.15, 0.2) is 59.7 Å². The molecule has 8 heteroatoms. The third-order valence-corrected chi connectivity index (χ3v) is 3.73. The summed E-state index contributed by atoms with van der Waals surface area (Å²) < 4.78 is 0. The number of amides is 2. The Balaban J connectivity index is 1.78. The van der Waals surface area contributed by atoms with Crippen molar-refractivity contribution in [2.45, 2.75) is 26.3 Å². The van der Waals surface area contributed by atoms with E-state index in [-0.39, 0.29) is 24.4 Å². The van der Waals surface area contributed by atoms with E-state index in [1.165, 1.54) is 12.1 Å². The number of nitro benzene ring substituents is 1. The molecule has 0 heterocycles. The second-order valence-electron chi connectivity index (χ2n) is 5.80. The van der Waals surface area contributed by atoms with Crippen LogP contribution in [0.5, 0.6) is 0 Å². The quantitative estimate of drug-likeness (QED) is 0.423. The molecule has 140 valence electrons. The summed E-state index contributed by atoms with van der Waals surface area (Å²) in [4.78, 5) is 33.9. The minimum atomic E-state index is -0.497. The summed E-state index contributed by atoms with van der Waals surface area (Å²) in [6, 6.07) is 15.4. The molecule has 0 bridgehead atoms. The minimum absolute atomic E-state index is 0.00760. The highest BCUT2D eigenvalue weighted by Crippen LogP contribution is 2.13. The van der Waals surface area contributed by atoms with Gasteiger partial charge in [-0.2, -0.15) is 5.10 Å². The van der Waals surface area contributed by atoms with Crippen molar-refractivity contribution in [3.8, 4) is 0 Å². The smallest absolute Gasteiger partial charge is 0.270 e. The molecule has 2 aromatic carbocycles. The van der Waals surface area contributed by atoms with Gasteiger partial charge in [-0.15, -0.1) is 0 Å². The van der Waals surface area contributed by atoms with Gasteiger partial charge in [0.05, 0.1) is 10.6 Å². The number of nitrogens with zero attached hydrogens (tertiary/aromatic N) is 2. The molecule has 0 aliphatic heterocycles. The van der Waals surface area contributed by atoms with Crippen molar-refractivity contribution in [1.82, 2.24) is 10.7 Å². The van der Waals surface area contributed by atoms with E-state index < -0.39 is 10.8 Å². The van der Waals surface area contributed by atoms with Gasteiger partial charge in [0.1, 0.15) is 0 Å². The highest BCUT2D eigenvalue weighted by molar-refractivity contribution is 5.99. The third-order valence-electron chi connectivity index (χ3n) is 3.73. The lowest BCUT2D eigenvalue weighted by molar-refractivity contribution is -0.384. The summed E-state index contributed by atoms with van der Waals surface area (Å²) in [7, 11) is 0. The van der Waals surface area contributed by atoms with Crippen molar-refractivity contribution in [2.24, 2.45) is 5.10 Å². The second kappa shape index (κ2) is 9.81. The van der Waals surface area contributed by atoms with Crippen molar-refractivity contribution >= 4 is 23.2 Å². The molecular formula is C19H20N4O4. The van der Waals surface area contributed by atoms with Crippen LogP contribution in [0.3, 0.4) is 0 Å². The molecule has 2 N–H and O–H groups in total. The molecule has 0 unspecified atom stereocenters. The van der Waals surface area contributed by atoms with Crippen molar-refractivity contribution in [2.75, 3.05) is 0 Å². The number of rotatable bonds is 8. The summed E-state index contributed by atoms with van der Waals surface area (Å²) in [5.74, 6) is -0.636. The normalized spacial score (nSPS) is 10.9. The monoisotopic (exact) mass is 368 g/mol. The van der Waals surface area contributed by atoms with Gasteiger partial charge in [-0.1, -0.05) is 42.5 Å². The molecule has 0 spiro atoms. The van der Waals surface area contributed by atoms with Crippen LogP contribution in [-0.2, 0) is 16.1 Å². The first-order valence-electron chi connectivity index (χ1n) is 8.34. The van der Waals surface area contributed by atoms with Crippen LogP contribution in [0.25, 0.3) is 0 Å². The molecule has 0 aliphatic carbocycles. The average molecular weight is 368 g/mol. The molecule has 2 amide bonds. The fourth-order valence-electron chi connectivity index (χ4n) is 2.22. The molecule has 2 aromatic rings. The topological polar surface area (TPSA) is 114 Å². The predicted molar refractivity (Wildman–Crippen MR) is 101 cm³/mol. The Morgan fingerprint density at radius 3 is 2.44 bits per heavy atom. The Labute approximate surface area is 156 Å². The van der Waals surface area contributed by atoms with Gasteiger partial charge in [0, 0.05) is 37.1 Å². The van der Waals surface area contributed by atoms with Gasteiger partial charge in [-0.25, -0.2) is 5.43 Å². The van der Waals surface area contributed by atoms with Crippen molar-refractivity contribution < 1.29 is 14.5 Å². The van der Waals surface area contributed by atoms with Gasteiger partial charge in [0.15, 0.2) is 0 Å². The van der Waals surface area contributed by atoms with Crippen LogP contribution < -0.4 is 10.7 Å². The van der Waals surface area contributed by atoms with Gasteiger partial charge in [0.25, 0.3) is 5.69 Å². The van der Waals surface area contributed by atoms with E-state index in [0.717, 1.165) is 5.56 Å². The van der Waals surface area contributed by atoms with Gasteiger partial charge in [-0.05, 0) is 12.5 Å². The number of benzene rings is 2. The number of carbonyl (C=O) groups excluding carboxylic acids is 2. The molecule has 27 heavy (non-hydrogen) atoms. The Kier molecular flexibility index (Phi) is 7.18. The van der Waals surface area contributed by atoms with Crippen LogP contribution in [0.1, 0.15) is 30.9 Å². The lowest BCUT2D eigenvalue weighted by atomic mass is 10.1. The van der Waals surface area contributed by atoms with E-state index in [4.69, 9.17) is 0 Å². The number of non-ortho nitro benzene ring substituents is 1. The van der Waals surface area contributed by atoms with Gasteiger partial charge >= 0.3 is 0 Å². The molecule has 0 saturated heterocycles. The Hall–Kier alpha value is -3.55. The molecule has 2 rings (SSSR count). The lowest BCUT2D eigenvalue weighted by Crippen LogP contribution is -2.26. The molecule has 0 fully saturated rings. The zero-order valence-corrected chi connectivity index (χ0v) is 14.8. The Morgan fingerprint density at radius 1 is 1.04 bits per heavy atom. The maximum absolute atomic E-state index is 11.8. The average Bonchev–Trinajstić information content (AvgIpc) is 2.69. The fourth-order valence-corrected chi connectivity index (χ4v) is 2.22. The number of hydrogen-bond donors (Lipinski definition) is 2. The third kappa shape index (κ3) is 6.69. The summed E-state index contributed by atoms with van der Waals surface area (Å²) >= 11 is 0. The molecule has 0 aliphatic rings. The predicted octanol–water partition coefficient (Wildman–Crippen LogP) is 2.53. The van der Waals surface area contributed by atoms with Crippen molar-refractivity contribution in [3.05, 3.63) is 75.8 Å². The first-order valence-corrected chi connectivity index (χ1v) is 8.34. The molecule has 0 aromatic heterocycles. The molecule has 0 saturated carbocycles. The summed E-state index contributed by atoms with van der Waals surface area (Å²) in [5.41, 5.74) is 4.25. The Morgan fingerprint density at radius 2 is 1.74 bits per heavy atom. The van der Waals surface area contributed by atoms with Crippen molar-refractivity contribution in [1.29, 1.82) is 0 Å². The number of carbonyl (C=O) groups is 2. The number of nitro groups is 1. The van der Waals surface area contributed by atoms with Gasteiger partial charge < -0.3 is 5.32 Å². The van der Waals surface area contributed by atoms with Crippen LogP contribution in [0.4, 0.5) is 5.69 Å². The molecule has 0 radical (unpaired) electrons. The molecule has 8 nitrogen and oxygen atoms in total. The van der Waals surface area contributed by atoms with Gasteiger partial charge in [0.2, 0.25) is 11.8 Å². The number of hydrazone groups is 1. The largest absolute Gasteiger partial charge is 0.352 e. The zero-order valence-electron chi connectivity index (χ0n) is 14.8. The van der Waals surface area contributed by atoms with E-state index in [2.05, 4.69) is 15.8 Å².